The molecule has 0 saturated carbocycles. The van der Waals surface area contributed by atoms with Gasteiger partial charge >= 0.3 is 0 Å². The molecular weight excluding hydrogens is 320 g/mol. The van der Waals surface area contributed by atoms with Crippen molar-refractivity contribution in [1.82, 2.24) is 14.8 Å². The Morgan fingerprint density at radius 3 is 2.83 bits per heavy atom. The van der Waals surface area contributed by atoms with E-state index in [0.29, 0.717) is 6.61 Å². The summed E-state index contributed by atoms with van der Waals surface area (Å²) < 4.78 is 7.91. The number of ether oxygens (including phenoxy) is 1. The van der Waals surface area contributed by atoms with Gasteiger partial charge in [-0.15, -0.1) is 11.3 Å². The van der Waals surface area contributed by atoms with Crippen LogP contribution in [0.5, 0.6) is 0 Å². The van der Waals surface area contributed by atoms with Gasteiger partial charge in [-0.3, -0.25) is 4.68 Å². The van der Waals surface area contributed by atoms with Crippen LogP contribution in [0, 0.1) is 0 Å². The number of nitrogens with zero attached hydrogens (tertiary/aromatic N) is 4. The van der Waals surface area contributed by atoms with Crippen LogP contribution in [0.15, 0.2) is 48.1 Å². The van der Waals surface area contributed by atoms with Crippen LogP contribution >= 0.6 is 11.3 Å². The van der Waals surface area contributed by atoms with Gasteiger partial charge in [-0.1, -0.05) is 30.3 Å². The molecule has 1 aromatic carbocycles. The zero-order valence-electron chi connectivity index (χ0n) is 13.8. The number of rotatable bonds is 3. The van der Waals surface area contributed by atoms with Crippen molar-refractivity contribution in [2.45, 2.75) is 12.5 Å². The Bertz CT molecular complexity index is 828. The number of aryl methyl sites for hydroxylation is 1. The maximum absolute atomic E-state index is 6.09. The minimum atomic E-state index is -0.356. The van der Waals surface area contributed by atoms with Crippen LogP contribution in [0.2, 0.25) is 0 Å². The lowest BCUT2D eigenvalue weighted by atomic mass is 9.97. The molecule has 0 amide bonds. The minimum absolute atomic E-state index is 0.356. The lowest BCUT2D eigenvalue weighted by molar-refractivity contribution is -0.0466. The summed E-state index contributed by atoms with van der Waals surface area (Å²) in [5.74, 6) is 0. The highest BCUT2D eigenvalue weighted by atomic mass is 32.1. The second-order valence-electron chi connectivity index (χ2n) is 6.28. The first-order valence-corrected chi connectivity index (χ1v) is 8.91. The highest BCUT2D eigenvalue weighted by molar-refractivity contribution is 7.14. The monoisotopic (exact) mass is 340 g/mol. The van der Waals surface area contributed by atoms with Crippen LogP contribution in [0.1, 0.15) is 12.5 Å². The van der Waals surface area contributed by atoms with E-state index in [1.807, 2.05) is 42.3 Å². The van der Waals surface area contributed by atoms with Crippen molar-refractivity contribution < 1.29 is 4.74 Å². The third kappa shape index (κ3) is 2.83. The van der Waals surface area contributed by atoms with Crippen molar-refractivity contribution in [2.75, 3.05) is 24.6 Å². The summed E-state index contributed by atoms with van der Waals surface area (Å²) >= 11 is 1.69. The topological polar surface area (TPSA) is 43.2 Å². The molecule has 24 heavy (non-hydrogen) atoms. The van der Waals surface area contributed by atoms with Crippen molar-refractivity contribution in [1.29, 1.82) is 0 Å². The van der Waals surface area contributed by atoms with E-state index in [-0.39, 0.29) is 5.60 Å². The van der Waals surface area contributed by atoms with Gasteiger partial charge in [0.2, 0.25) is 0 Å². The summed E-state index contributed by atoms with van der Waals surface area (Å²) in [5.41, 5.74) is 2.94. The fourth-order valence-corrected chi connectivity index (χ4v) is 3.92. The summed E-state index contributed by atoms with van der Waals surface area (Å²) in [5, 5.41) is 7.46. The van der Waals surface area contributed by atoms with Gasteiger partial charge in [-0.05, 0) is 6.92 Å². The van der Waals surface area contributed by atoms with Gasteiger partial charge in [0.1, 0.15) is 5.60 Å². The maximum atomic E-state index is 6.09. The first-order chi connectivity index (χ1) is 11.6. The third-order valence-corrected chi connectivity index (χ3v) is 5.32. The molecule has 2 aromatic heterocycles. The van der Waals surface area contributed by atoms with E-state index in [4.69, 9.17) is 9.72 Å². The van der Waals surface area contributed by atoms with Crippen LogP contribution in [0.25, 0.3) is 11.3 Å². The van der Waals surface area contributed by atoms with Crippen molar-refractivity contribution >= 4 is 16.5 Å². The molecule has 0 spiro atoms. The molecule has 0 radical (unpaired) electrons. The van der Waals surface area contributed by atoms with Crippen molar-refractivity contribution in [2.24, 2.45) is 7.05 Å². The Morgan fingerprint density at radius 2 is 2.08 bits per heavy atom. The first-order valence-electron chi connectivity index (χ1n) is 8.03. The molecular formula is C18H20N4OS. The van der Waals surface area contributed by atoms with Crippen molar-refractivity contribution in [3.63, 3.8) is 0 Å². The Morgan fingerprint density at radius 1 is 1.25 bits per heavy atom. The van der Waals surface area contributed by atoms with E-state index in [0.717, 1.165) is 35.0 Å². The highest BCUT2D eigenvalue weighted by Gasteiger charge is 2.36. The van der Waals surface area contributed by atoms with Crippen molar-refractivity contribution in [3.05, 3.63) is 53.7 Å². The van der Waals surface area contributed by atoms with Crippen LogP contribution in [-0.2, 0) is 17.4 Å². The molecule has 3 heterocycles. The van der Waals surface area contributed by atoms with Gasteiger partial charge in [0.25, 0.3) is 0 Å². The molecule has 3 aromatic rings. The zero-order chi connectivity index (χ0) is 16.6. The van der Waals surface area contributed by atoms with Crippen LogP contribution in [0.3, 0.4) is 0 Å². The number of aromatic nitrogens is 3. The predicted molar refractivity (Wildman–Crippen MR) is 96.3 cm³/mol. The van der Waals surface area contributed by atoms with E-state index in [1.165, 1.54) is 0 Å². The molecule has 0 bridgehead atoms. The molecule has 0 N–H and O–H groups in total. The van der Waals surface area contributed by atoms with E-state index in [9.17, 15) is 0 Å². The summed E-state index contributed by atoms with van der Waals surface area (Å²) in [6.45, 7) is 4.45. The summed E-state index contributed by atoms with van der Waals surface area (Å²) in [7, 11) is 1.93. The smallest absolute Gasteiger partial charge is 0.186 e. The molecule has 1 aliphatic rings. The quantitative estimate of drug-likeness (QED) is 0.734. The Kier molecular flexibility index (Phi) is 3.86. The van der Waals surface area contributed by atoms with E-state index < -0.39 is 0 Å². The standard InChI is InChI=1S/C18H20N4OS/c1-18(15-10-19-21(2)11-15)13-22(8-9-23-18)17-20-16(12-24-17)14-6-4-3-5-7-14/h3-7,10-12H,8-9,13H2,1-2H3/t18-/m0/s1. The SMILES string of the molecule is Cn1cc([C@]2(C)CN(c3nc(-c4ccccc4)cs3)CCO2)cn1. The predicted octanol–water partition coefficient (Wildman–Crippen LogP) is 3.30. The second-order valence-corrected chi connectivity index (χ2v) is 7.12. The van der Waals surface area contributed by atoms with Crippen LogP contribution in [0.4, 0.5) is 5.13 Å². The lowest BCUT2D eigenvalue weighted by Crippen LogP contribution is -2.48. The third-order valence-electron chi connectivity index (χ3n) is 4.42. The van der Waals surface area contributed by atoms with Gasteiger partial charge in [0.15, 0.2) is 5.13 Å². The normalized spacial score (nSPS) is 21.2. The van der Waals surface area contributed by atoms with Gasteiger partial charge < -0.3 is 9.64 Å². The molecule has 0 aliphatic carbocycles. The Labute approximate surface area is 145 Å². The number of anilines is 1. The van der Waals surface area contributed by atoms with E-state index >= 15 is 0 Å². The lowest BCUT2D eigenvalue weighted by Gasteiger charge is -2.40. The second kappa shape index (κ2) is 6.03. The molecule has 5 nitrogen and oxygen atoms in total. The first kappa shape index (κ1) is 15.4. The average molecular weight is 340 g/mol. The maximum Gasteiger partial charge on any atom is 0.186 e. The molecule has 1 aliphatic heterocycles. The summed E-state index contributed by atoms with van der Waals surface area (Å²) in [6.07, 6.45) is 3.92. The van der Waals surface area contributed by atoms with Crippen LogP contribution < -0.4 is 4.90 Å². The Balaban J connectivity index is 1.58. The number of morpholine rings is 1. The number of hydrogen-bond donors (Lipinski definition) is 0. The van der Waals surface area contributed by atoms with Crippen molar-refractivity contribution in [3.8, 4) is 11.3 Å². The Hall–Kier alpha value is -2.18. The minimum Gasteiger partial charge on any atom is -0.367 e. The molecule has 0 unspecified atom stereocenters. The largest absolute Gasteiger partial charge is 0.367 e. The van der Waals surface area contributed by atoms with Gasteiger partial charge in [0, 0.05) is 36.3 Å². The molecule has 1 saturated heterocycles. The number of hydrogen-bond acceptors (Lipinski definition) is 5. The fraction of sp³-hybridized carbons (Fsp3) is 0.333. The average Bonchev–Trinajstić information content (AvgIpc) is 3.25. The molecule has 124 valence electrons. The van der Waals surface area contributed by atoms with Gasteiger partial charge in [-0.2, -0.15) is 5.10 Å². The van der Waals surface area contributed by atoms with Gasteiger partial charge in [0.05, 0.1) is 25.0 Å². The van der Waals surface area contributed by atoms with E-state index in [1.54, 1.807) is 11.3 Å². The van der Waals surface area contributed by atoms with E-state index in [2.05, 4.69) is 34.4 Å². The zero-order valence-corrected chi connectivity index (χ0v) is 14.7. The highest BCUT2D eigenvalue weighted by Crippen LogP contribution is 2.34. The van der Waals surface area contributed by atoms with Gasteiger partial charge in [-0.25, -0.2) is 4.98 Å². The summed E-state index contributed by atoms with van der Waals surface area (Å²) in [6, 6.07) is 10.3. The molecule has 1 atom stereocenters. The number of thiazole rings is 1. The molecule has 4 rings (SSSR count). The fourth-order valence-electron chi connectivity index (χ4n) is 3.05. The summed E-state index contributed by atoms with van der Waals surface area (Å²) in [4.78, 5) is 7.15. The molecule has 6 heteroatoms. The molecule has 1 fully saturated rings. The number of benzene rings is 1. The van der Waals surface area contributed by atoms with Crippen LogP contribution in [-0.4, -0.2) is 34.5 Å².